The molecule has 2 aromatic carbocycles. The molecule has 6 nitrogen and oxygen atoms in total. The molecule has 1 heterocycles. The van der Waals surface area contributed by atoms with E-state index < -0.39 is 6.04 Å². The lowest BCUT2D eigenvalue weighted by atomic mass is 10.0. The zero-order valence-electron chi connectivity index (χ0n) is 13.3. The highest BCUT2D eigenvalue weighted by Crippen LogP contribution is 2.18. The lowest BCUT2D eigenvalue weighted by Crippen LogP contribution is -2.56. The van der Waals surface area contributed by atoms with Crippen LogP contribution in [0.5, 0.6) is 0 Å². The molecule has 0 spiro atoms. The Kier molecular flexibility index (Phi) is 4.56. The summed E-state index contributed by atoms with van der Waals surface area (Å²) < 4.78 is 0. The van der Waals surface area contributed by atoms with Gasteiger partial charge in [-0.1, -0.05) is 53.7 Å². The van der Waals surface area contributed by atoms with E-state index in [1.807, 2.05) is 60.7 Å². The third-order valence-electron chi connectivity index (χ3n) is 3.79. The molecule has 1 aliphatic rings. The number of hydrogen-bond donors (Lipinski definition) is 2. The largest absolute Gasteiger partial charge is 0.411 e. The number of oxime groups is 1. The molecule has 1 atom stereocenters. The van der Waals surface area contributed by atoms with Crippen LogP contribution < -0.4 is 10.4 Å². The Hall–Kier alpha value is -3.15. The average molecular weight is 322 g/mol. The fraction of sp³-hybridized carbons (Fsp3) is 0.167. The maximum Gasteiger partial charge on any atom is 0.270 e. The second-order valence-electron chi connectivity index (χ2n) is 5.49. The molecular formula is C18H18N4O2. The SMILES string of the molecule is C/C(=N/O)C1=N[C@@H](Cc2ccccc2)C(=O)N(c2ccccc2)N1. The van der Waals surface area contributed by atoms with E-state index in [2.05, 4.69) is 15.6 Å². The second-order valence-corrected chi connectivity index (χ2v) is 5.49. The van der Waals surface area contributed by atoms with Crippen molar-refractivity contribution in [3.8, 4) is 0 Å². The quantitative estimate of drug-likeness (QED) is 0.515. The highest BCUT2D eigenvalue weighted by Gasteiger charge is 2.32. The summed E-state index contributed by atoms with van der Waals surface area (Å²) in [6.07, 6.45) is 0.479. The fourth-order valence-corrected chi connectivity index (χ4v) is 2.51. The van der Waals surface area contributed by atoms with E-state index in [4.69, 9.17) is 5.21 Å². The van der Waals surface area contributed by atoms with Gasteiger partial charge in [-0.2, -0.15) is 0 Å². The van der Waals surface area contributed by atoms with Crippen molar-refractivity contribution in [3.05, 3.63) is 66.2 Å². The lowest BCUT2D eigenvalue weighted by molar-refractivity contribution is -0.120. The van der Waals surface area contributed by atoms with Crippen molar-refractivity contribution < 1.29 is 10.0 Å². The summed E-state index contributed by atoms with van der Waals surface area (Å²) in [5.41, 5.74) is 4.98. The van der Waals surface area contributed by atoms with Gasteiger partial charge < -0.3 is 5.21 Å². The average Bonchev–Trinajstić information content (AvgIpc) is 2.64. The van der Waals surface area contributed by atoms with Crippen LogP contribution in [-0.4, -0.2) is 28.7 Å². The number of benzene rings is 2. The summed E-state index contributed by atoms with van der Waals surface area (Å²) in [6, 6.07) is 18.4. The van der Waals surface area contributed by atoms with Gasteiger partial charge >= 0.3 is 0 Å². The smallest absolute Gasteiger partial charge is 0.270 e. The zero-order valence-corrected chi connectivity index (χ0v) is 13.3. The number of para-hydroxylation sites is 1. The molecule has 0 unspecified atom stereocenters. The van der Waals surface area contributed by atoms with Gasteiger partial charge in [-0.3, -0.25) is 15.2 Å². The van der Waals surface area contributed by atoms with Gasteiger partial charge in [0.1, 0.15) is 11.8 Å². The molecular weight excluding hydrogens is 304 g/mol. The Morgan fingerprint density at radius 1 is 1.17 bits per heavy atom. The van der Waals surface area contributed by atoms with Gasteiger partial charge in [0.2, 0.25) is 0 Å². The number of aliphatic imine (C=N–C) groups is 1. The lowest BCUT2D eigenvalue weighted by Gasteiger charge is -2.32. The molecule has 122 valence electrons. The first kappa shape index (κ1) is 15.7. The molecule has 0 saturated heterocycles. The first-order chi connectivity index (χ1) is 11.7. The van der Waals surface area contributed by atoms with Crippen molar-refractivity contribution in [1.82, 2.24) is 5.43 Å². The molecule has 0 radical (unpaired) electrons. The molecule has 0 aromatic heterocycles. The van der Waals surface area contributed by atoms with Crippen LogP contribution in [0.3, 0.4) is 0 Å². The van der Waals surface area contributed by atoms with Crippen LogP contribution >= 0.6 is 0 Å². The van der Waals surface area contributed by atoms with E-state index in [0.717, 1.165) is 5.56 Å². The number of amidine groups is 1. The first-order valence-electron chi connectivity index (χ1n) is 7.65. The summed E-state index contributed by atoms with van der Waals surface area (Å²) in [5, 5.41) is 13.7. The van der Waals surface area contributed by atoms with Gasteiger partial charge in [-0.15, -0.1) is 0 Å². The summed E-state index contributed by atoms with van der Waals surface area (Å²) >= 11 is 0. The summed E-state index contributed by atoms with van der Waals surface area (Å²) in [5.74, 6) is 0.224. The minimum atomic E-state index is -0.583. The number of anilines is 1. The monoisotopic (exact) mass is 322 g/mol. The van der Waals surface area contributed by atoms with Crippen LogP contribution in [0.2, 0.25) is 0 Å². The Morgan fingerprint density at radius 2 is 1.79 bits per heavy atom. The van der Waals surface area contributed by atoms with Gasteiger partial charge in [0, 0.05) is 6.42 Å². The van der Waals surface area contributed by atoms with Crippen LogP contribution in [0.1, 0.15) is 12.5 Å². The van der Waals surface area contributed by atoms with Crippen molar-refractivity contribution in [2.75, 3.05) is 5.01 Å². The second kappa shape index (κ2) is 6.95. The van der Waals surface area contributed by atoms with Crippen LogP contribution in [0, 0.1) is 0 Å². The third kappa shape index (κ3) is 3.27. The molecule has 0 aliphatic carbocycles. The predicted octanol–water partition coefficient (Wildman–Crippen LogP) is 2.40. The molecule has 0 bridgehead atoms. The highest BCUT2D eigenvalue weighted by atomic mass is 16.4. The molecule has 0 saturated carbocycles. The van der Waals surface area contributed by atoms with Crippen LogP contribution in [0.4, 0.5) is 5.69 Å². The van der Waals surface area contributed by atoms with Crippen LogP contribution in [-0.2, 0) is 11.2 Å². The molecule has 3 rings (SSSR count). The number of carbonyl (C=O) groups excluding carboxylic acids is 1. The normalized spacial score (nSPS) is 18.1. The van der Waals surface area contributed by atoms with Gasteiger partial charge in [-0.25, -0.2) is 5.01 Å². The summed E-state index contributed by atoms with van der Waals surface area (Å²) in [4.78, 5) is 17.3. The van der Waals surface area contributed by atoms with Crippen LogP contribution in [0.15, 0.2) is 70.8 Å². The number of nitrogens with zero attached hydrogens (tertiary/aromatic N) is 3. The van der Waals surface area contributed by atoms with Gasteiger partial charge in [0.15, 0.2) is 5.84 Å². The zero-order chi connectivity index (χ0) is 16.9. The standard InChI is InChI=1S/C18H18N4O2/c1-13(21-24)17-19-16(12-14-8-4-2-5-9-14)18(23)22(20-17)15-10-6-3-7-11-15/h2-11,16,24H,12H2,1H3,(H,19,20)/b21-13-/t16-/m0/s1. The van der Waals surface area contributed by atoms with Crippen molar-refractivity contribution in [2.45, 2.75) is 19.4 Å². The van der Waals surface area contributed by atoms with E-state index in [-0.39, 0.29) is 5.91 Å². The van der Waals surface area contributed by atoms with Crippen molar-refractivity contribution in [1.29, 1.82) is 0 Å². The van der Waals surface area contributed by atoms with Gasteiger partial charge in [0.25, 0.3) is 5.91 Å². The third-order valence-corrected chi connectivity index (χ3v) is 3.79. The van der Waals surface area contributed by atoms with Gasteiger partial charge in [-0.05, 0) is 24.6 Å². The Morgan fingerprint density at radius 3 is 2.42 bits per heavy atom. The summed E-state index contributed by atoms with van der Waals surface area (Å²) in [7, 11) is 0. The highest BCUT2D eigenvalue weighted by molar-refractivity contribution is 6.41. The molecule has 24 heavy (non-hydrogen) atoms. The Labute approximate surface area is 140 Å². The predicted molar refractivity (Wildman–Crippen MR) is 93.3 cm³/mol. The Bertz CT molecular complexity index is 772. The fourth-order valence-electron chi connectivity index (χ4n) is 2.51. The number of hydrazine groups is 1. The maximum atomic E-state index is 12.8. The molecule has 1 aliphatic heterocycles. The number of rotatable bonds is 4. The number of amides is 1. The maximum absolute atomic E-state index is 12.8. The topological polar surface area (TPSA) is 77.3 Å². The van der Waals surface area contributed by atoms with Crippen molar-refractivity contribution in [3.63, 3.8) is 0 Å². The number of nitrogens with one attached hydrogen (secondary N) is 1. The first-order valence-corrected chi connectivity index (χ1v) is 7.65. The van der Waals surface area contributed by atoms with E-state index >= 15 is 0 Å². The molecule has 0 fully saturated rings. The van der Waals surface area contributed by atoms with E-state index in [9.17, 15) is 4.79 Å². The molecule has 6 heteroatoms. The van der Waals surface area contributed by atoms with Gasteiger partial charge in [0.05, 0.1) is 5.69 Å². The van der Waals surface area contributed by atoms with E-state index in [1.165, 1.54) is 5.01 Å². The van der Waals surface area contributed by atoms with Crippen LogP contribution in [0.25, 0.3) is 0 Å². The molecule has 2 aromatic rings. The summed E-state index contributed by atoms with van der Waals surface area (Å²) in [6.45, 7) is 1.63. The minimum absolute atomic E-state index is 0.153. The molecule has 2 N–H and O–H groups in total. The number of carbonyl (C=O) groups is 1. The number of hydrogen-bond acceptors (Lipinski definition) is 5. The molecule has 1 amide bonds. The van der Waals surface area contributed by atoms with E-state index in [0.29, 0.717) is 23.7 Å². The minimum Gasteiger partial charge on any atom is -0.411 e. The van der Waals surface area contributed by atoms with Crippen molar-refractivity contribution >= 4 is 23.1 Å². The van der Waals surface area contributed by atoms with Crippen molar-refractivity contribution in [2.24, 2.45) is 10.1 Å². The Balaban J connectivity index is 1.95. The van der Waals surface area contributed by atoms with E-state index in [1.54, 1.807) is 6.92 Å².